The predicted octanol–water partition coefficient (Wildman–Crippen LogP) is 3.63. The van der Waals surface area contributed by atoms with Crippen LogP contribution in [0.3, 0.4) is 0 Å². The van der Waals surface area contributed by atoms with Gasteiger partial charge in [-0.2, -0.15) is 5.26 Å². The molecule has 7 heteroatoms. The number of benzene rings is 1. The van der Waals surface area contributed by atoms with Gasteiger partial charge in [-0.25, -0.2) is 4.79 Å². The van der Waals surface area contributed by atoms with E-state index in [9.17, 15) is 9.59 Å². The quantitative estimate of drug-likeness (QED) is 0.339. The summed E-state index contributed by atoms with van der Waals surface area (Å²) < 4.78 is 0.424. The normalized spacial score (nSPS) is 11.8. The number of hydrogen-bond donors (Lipinski definition) is 0. The van der Waals surface area contributed by atoms with E-state index in [1.54, 1.807) is 38.1 Å². The van der Waals surface area contributed by atoms with Crippen molar-refractivity contribution in [2.45, 2.75) is 32.4 Å². The summed E-state index contributed by atoms with van der Waals surface area (Å²) in [7, 11) is 1.49. The number of carbonyl (C=O) groups is 2. The first-order valence-corrected chi connectivity index (χ1v) is 8.18. The minimum atomic E-state index is -0.775. The number of nitrogens with zero attached hydrogens (tertiary/aromatic N) is 3. The van der Waals surface area contributed by atoms with Gasteiger partial charge in [-0.3, -0.25) is 13.9 Å². The van der Waals surface area contributed by atoms with Crippen LogP contribution < -0.4 is 0 Å². The molecule has 128 valence electrons. The van der Waals surface area contributed by atoms with E-state index in [-0.39, 0.29) is 17.4 Å². The molecule has 1 aromatic rings. The minimum absolute atomic E-state index is 0.000123. The van der Waals surface area contributed by atoms with Crippen LogP contribution in [0.2, 0.25) is 0 Å². The highest BCUT2D eigenvalue weighted by molar-refractivity contribution is 7.99. The summed E-state index contributed by atoms with van der Waals surface area (Å²) in [5.41, 5.74) is 0.554. The van der Waals surface area contributed by atoms with Crippen LogP contribution in [-0.4, -0.2) is 33.7 Å². The lowest BCUT2D eigenvalue weighted by Gasteiger charge is -2.28. The average molecular weight is 347 g/mol. The lowest BCUT2D eigenvalue weighted by atomic mass is 9.98. The highest BCUT2D eigenvalue weighted by Crippen LogP contribution is 2.30. The van der Waals surface area contributed by atoms with Crippen LogP contribution in [0.5, 0.6) is 0 Å². The standard InChI is InChI=1S/C17H21N3O3S/c1-12(2)15(21)17(3,4)24-20(5)16(22)23-19-14(11-18)13-9-7-6-8-10-13/h6-10,12H,1-5H3/b19-14+. The van der Waals surface area contributed by atoms with Gasteiger partial charge < -0.3 is 0 Å². The number of oxime groups is 1. The number of Topliss-reactive ketones (excluding diaryl/α,β-unsaturated/α-hetero) is 1. The second kappa shape index (κ2) is 8.50. The molecule has 0 aliphatic carbocycles. The molecule has 0 atom stereocenters. The van der Waals surface area contributed by atoms with E-state index >= 15 is 0 Å². The third kappa shape index (κ3) is 5.39. The van der Waals surface area contributed by atoms with Gasteiger partial charge in [0.25, 0.3) is 0 Å². The third-order valence-corrected chi connectivity index (χ3v) is 4.19. The summed E-state index contributed by atoms with van der Waals surface area (Å²) in [5.74, 6) is -0.115. The summed E-state index contributed by atoms with van der Waals surface area (Å²) in [5, 5.41) is 12.7. The van der Waals surface area contributed by atoms with Gasteiger partial charge in [0.15, 0.2) is 11.5 Å². The summed E-state index contributed by atoms with van der Waals surface area (Å²) >= 11 is 1.06. The molecule has 6 nitrogen and oxygen atoms in total. The van der Waals surface area contributed by atoms with Crippen LogP contribution in [0.15, 0.2) is 35.5 Å². The highest BCUT2D eigenvalue weighted by atomic mass is 32.2. The van der Waals surface area contributed by atoms with Crippen molar-refractivity contribution >= 4 is 29.5 Å². The third-order valence-electron chi connectivity index (χ3n) is 3.11. The fraction of sp³-hybridized carbons (Fsp3) is 0.412. The largest absolute Gasteiger partial charge is 0.445 e. The van der Waals surface area contributed by atoms with Crippen molar-refractivity contribution in [3.63, 3.8) is 0 Å². The molecule has 1 amide bonds. The number of carbonyl (C=O) groups excluding carboxylic acids is 2. The molecule has 0 saturated carbocycles. The predicted molar refractivity (Wildman–Crippen MR) is 94.4 cm³/mol. The lowest BCUT2D eigenvalue weighted by molar-refractivity contribution is -0.123. The second-order valence-electron chi connectivity index (χ2n) is 5.89. The molecular weight excluding hydrogens is 326 g/mol. The van der Waals surface area contributed by atoms with Gasteiger partial charge in [-0.15, -0.1) is 0 Å². The maximum atomic E-state index is 12.1. The van der Waals surface area contributed by atoms with Crippen molar-refractivity contribution in [2.24, 2.45) is 11.1 Å². The van der Waals surface area contributed by atoms with Crippen molar-refractivity contribution in [1.82, 2.24) is 4.31 Å². The van der Waals surface area contributed by atoms with Gasteiger partial charge in [0.1, 0.15) is 6.07 Å². The monoisotopic (exact) mass is 347 g/mol. The van der Waals surface area contributed by atoms with Crippen LogP contribution in [-0.2, 0) is 9.63 Å². The van der Waals surface area contributed by atoms with E-state index in [1.165, 1.54) is 11.4 Å². The Kier molecular flexibility index (Phi) is 6.98. The minimum Gasteiger partial charge on any atom is -0.298 e. The molecule has 0 unspecified atom stereocenters. The number of amides is 1. The van der Waals surface area contributed by atoms with E-state index < -0.39 is 10.8 Å². The summed E-state index contributed by atoms with van der Waals surface area (Å²) in [6, 6.07) is 10.6. The van der Waals surface area contributed by atoms with Crippen LogP contribution in [0.1, 0.15) is 33.3 Å². The lowest BCUT2D eigenvalue weighted by Crippen LogP contribution is -2.36. The number of nitriles is 1. The molecule has 1 aromatic carbocycles. The maximum absolute atomic E-state index is 12.1. The van der Waals surface area contributed by atoms with E-state index in [4.69, 9.17) is 10.1 Å². The molecule has 0 bridgehead atoms. The molecule has 0 saturated heterocycles. The number of rotatable bonds is 6. The zero-order valence-corrected chi connectivity index (χ0v) is 15.3. The van der Waals surface area contributed by atoms with E-state index in [1.807, 2.05) is 26.0 Å². The summed E-state index contributed by atoms with van der Waals surface area (Å²) in [6.07, 6.45) is -0.756. The van der Waals surface area contributed by atoms with Gasteiger partial charge in [-0.05, 0) is 25.8 Å². The van der Waals surface area contributed by atoms with Gasteiger partial charge in [-0.1, -0.05) is 49.3 Å². The van der Waals surface area contributed by atoms with Crippen LogP contribution in [0.4, 0.5) is 4.79 Å². The molecule has 1 rings (SSSR count). The van der Waals surface area contributed by atoms with E-state index in [0.29, 0.717) is 5.56 Å². The molecule has 0 aromatic heterocycles. The molecule has 0 aliphatic rings. The van der Waals surface area contributed by atoms with Gasteiger partial charge >= 0.3 is 6.09 Å². The van der Waals surface area contributed by atoms with E-state index in [2.05, 4.69) is 5.16 Å². The zero-order valence-electron chi connectivity index (χ0n) is 14.4. The van der Waals surface area contributed by atoms with Gasteiger partial charge in [0, 0.05) is 18.5 Å². The Morgan fingerprint density at radius 1 is 1.29 bits per heavy atom. The van der Waals surface area contributed by atoms with Crippen molar-refractivity contribution in [3.05, 3.63) is 35.9 Å². The molecule has 0 fully saturated rings. The molecule has 0 radical (unpaired) electrons. The topological polar surface area (TPSA) is 82.8 Å². The van der Waals surface area contributed by atoms with Crippen molar-refractivity contribution in [2.75, 3.05) is 7.05 Å². The molecule has 0 N–H and O–H groups in total. The Morgan fingerprint density at radius 3 is 2.38 bits per heavy atom. The highest BCUT2D eigenvalue weighted by Gasteiger charge is 2.33. The van der Waals surface area contributed by atoms with Crippen molar-refractivity contribution < 1.29 is 14.4 Å². The summed E-state index contributed by atoms with van der Waals surface area (Å²) in [4.78, 5) is 29.0. The molecular formula is C17H21N3O3S. The van der Waals surface area contributed by atoms with Crippen molar-refractivity contribution in [3.8, 4) is 6.07 Å². The van der Waals surface area contributed by atoms with Crippen molar-refractivity contribution in [1.29, 1.82) is 5.26 Å². The first-order valence-electron chi connectivity index (χ1n) is 7.40. The van der Waals surface area contributed by atoms with E-state index in [0.717, 1.165) is 11.9 Å². The maximum Gasteiger partial charge on any atom is 0.445 e. The first-order chi connectivity index (χ1) is 11.2. The first kappa shape index (κ1) is 19.7. The molecule has 24 heavy (non-hydrogen) atoms. The Balaban J connectivity index is 2.75. The van der Waals surface area contributed by atoms with Gasteiger partial charge in [0.2, 0.25) is 0 Å². The molecule has 0 heterocycles. The Hall–Kier alpha value is -2.33. The Morgan fingerprint density at radius 2 is 1.88 bits per heavy atom. The summed E-state index contributed by atoms with van der Waals surface area (Å²) in [6.45, 7) is 7.12. The molecule has 0 spiro atoms. The number of ketones is 1. The zero-order chi connectivity index (χ0) is 18.3. The SMILES string of the molecule is CC(C)C(=O)C(C)(C)SN(C)C(=O)O/N=C(\C#N)c1ccccc1. The second-order valence-corrected chi connectivity index (χ2v) is 7.64. The van der Waals surface area contributed by atoms with Crippen LogP contribution in [0.25, 0.3) is 0 Å². The Bertz CT molecular complexity index is 663. The van der Waals surface area contributed by atoms with Crippen LogP contribution in [0, 0.1) is 17.2 Å². The van der Waals surface area contributed by atoms with Crippen LogP contribution >= 0.6 is 11.9 Å². The molecule has 0 aliphatic heterocycles. The average Bonchev–Trinajstić information content (AvgIpc) is 2.54. The van der Waals surface area contributed by atoms with Gasteiger partial charge in [0.05, 0.1) is 4.75 Å². The number of hydrogen-bond acceptors (Lipinski definition) is 6. The Labute approximate surface area is 146 Å². The smallest absolute Gasteiger partial charge is 0.298 e. The fourth-order valence-electron chi connectivity index (χ4n) is 2.00. The fourth-order valence-corrected chi connectivity index (χ4v) is 3.11.